The molecular weight excluding hydrogens is 434 g/mol. The average molecular weight is 458 g/mol. The number of ether oxygens (including phenoxy) is 1. The minimum Gasteiger partial charge on any atom is -0.361 e. The molecule has 0 unspecified atom stereocenters. The Morgan fingerprint density at radius 3 is 1.70 bits per heavy atom. The molecule has 3 atom stereocenters. The van der Waals surface area contributed by atoms with Crippen molar-refractivity contribution in [2.45, 2.75) is 28.0 Å². The van der Waals surface area contributed by atoms with Gasteiger partial charge in [0.05, 0.1) is 16.0 Å². The molecule has 3 heteroatoms. The first kappa shape index (κ1) is 18.6. The number of rotatable bonds is 4. The average Bonchev–Trinajstić information content (AvgIpc) is 3.41. The van der Waals surface area contributed by atoms with E-state index < -0.39 is 0 Å². The molecule has 0 radical (unpaired) electrons. The predicted octanol–water partition coefficient (Wildman–Crippen LogP) is 5.53. The first-order valence-electron chi connectivity index (χ1n) is 10.6. The Bertz CT molecular complexity index is 987. The first-order valence-corrected chi connectivity index (χ1v) is 11.4. The summed E-state index contributed by atoms with van der Waals surface area (Å²) in [4.78, 5) is 2.63. The maximum absolute atomic E-state index is 6.52. The van der Waals surface area contributed by atoms with Crippen LogP contribution < -0.4 is 0 Å². The molecule has 0 N–H and O–H groups in total. The lowest BCUT2D eigenvalue weighted by Crippen LogP contribution is -2.48. The number of nitrogens with zero attached hydrogens (tertiary/aromatic N) is 1. The number of halogens is 1. The molecule has 2 nitrogen and oxygen atoms in total. The van der Waals surface area contributed by atoms with Crippen LogP contribution in [-0.4, -0.2) is 34.0 Å². The minimum absolute atomic E-state index is 0.0526. The zero-order valence-electron chi connectivity index (χ0n) is 16.7. The summed E-state index contributed by atoms with van der Waals surface area (Å²) in [5.41, 5.74) is 3.20. The van der Waals surface area contributed by atoms with Crippen LogP contribution in [0.15, 0.2) is 103 Å². The monoisotopic (exact) mass is 457 g/mol. The summed E-state index contributed by atoms with van der Waals surface area (Å²) in [6, 6.07) is 32.8. The van der Waals surface area contributed by atoms with Gasteiger partial charge in [0, 0.05) is 13.1 Å². The Balaban J connectivity index is 1.61. The van der Waals surface area contributed by atoms with Crippen molar-refractivity contribution in [3.05, 3.63) is 120 Å². The minimum atomic E-state index is -0.390. The highest BCUT2D eigenvalue weighted by atomic mass is 79.9. The van der Waals surface area contributed by atoms with Gasteiger partial charge in [-0.1, -0.05) is 119 Å². The summed E-state index contributed by atoms with van der Waals surface area (Å²) in [5.74, 6) is 0. The summed E-state index contributed by atoms with van der Waals surface area (Å²) >= 11 is 4.15. The molecule has 0 aliphatic carbocycles. The molecule has 3 aromatic rings. The molecular formula is C27H24BrNO. The summed E-state index contributed by atoms with van der Waals surface area (Å²) in [7, 11) is 0. The Kier molecular flexibility index (Phi) is 4.11. The van der Waals surface area contributed by atoms with Gasteiger partial charge in [-0.25, -0.2) is 0 Å². The van der Waals surface area contributed by atoms with Crippen molar-refractivity contribution in [3.63, 3.8) is 0 Å². The molecule has 3 aliphatic heterocycles. The molecule has 3 aliphatic rings. The van der Waals surface area contributed by atoms with Gasteiger partial charge < -0.3 is 4.74 Å². The fourth-order valence-corrected chi connectivity index (χ4v) is 6.84. The third kappa shape index (κ3) is 2.43. The number of hydrogen-bond donors (Lipinski definition) is 0. The Morgan fingerprint density at radius 2 is 1.27 bits per heavy atom. The largest absolute Gasteiger partial charge is 0.361 e. The van der Waals surface area contributed by atoms with Crippen molar-refractivity contribution < 1.29 is 4.74 Å². The third-order valence-electron chi connectivity index (χ3n) is 7.14. The van der Waals surface area contributed by atoms with Gasteiger partial charge in [0.1, 0.15) is 5.60 Å². The van der Waals surface area contributed by atoms with E-state index in [4.69, 9.17) is 4.74 Å². The smallest absolute Gasteiger partial charge is 0.116 e. The molecule has 2 fully saturated rings. The fourth-order valence-electron chi connectivity index (χ4n) is 5.86. The van der Waals surface area contributed by atoms with Crippen LogP contribution in [0.25, 0.3) is 0 Å². The molecule has 150 valence electrons. The molecule has 0 amide bonds. The zero-order chi connectivity index (χ0) is 20.2. The lowest BCUT2D eigenvalue weighted by Gasteiger charge is -2.44. The molecule has 0 aromatic heterocycles. The van der Waals surface area contributed by atoms with Crippen LogP contribution in [0.4, 0.5) is 0 Å². The standard InChI is InChI=1S/C27H24BrNO/c28-25-18-24-16-17-26(25,30-24)20-29(19-25)27(21-10-4-1-5-11-21,22-12-6-2-7-13-22)23-14-8-3-9-15-23/h1-17,24H,18-20H2/t24-,25-,26-/m1/s1. The quantitative estimate of drug-likeness (QED) is 0.290. The van der Waals surface area contributed by atoms with Gasteiger partial charge in [0.2, 0.25) is 0 Å². The Morgan fingerprint density at radius 1 is 0.767 bits per heavy atom. The topological polar surface area (TPSA) is 12.5 Å². The normalized spacial score (nSPS) is 30.0. The molecule has 2 bridgehead atoms. The third-order valence-corrected chi connectivity index (χ3v) is 8.39. The number of fused-ring (bicyclic) bond motifs is 1. The van der Waals surface area contributed by atoms with Crippen molar-refractivity contribution in [1.82, 2.24) is 4.90 Å². The van der Waals surface area contributed by atoms with E-state index in [0.717, 1.165) is 19.5 Å². The van der Waals surface area contributed by atoms with E-state index in [1.807, 2.05) is 0 Å². The number of benzene rings is 3. The van der Waals surface area contributed by atoms with Crippen LogP contribution in [-0.2, 0) is 10.3 Å². The van der Waals surface area contributed by atoms with Crippen LogP contribution in [0, 0.1) is 0 Å². The second-order valence-electron chi connectivity index (χ2n) is 8.74. The lowest BCUT2D eigenvalue weighted by molar-refractivity contribution is 0.0191. The van der Waals surface area contributed by atoms with Gasteiger partial charge in [-0.2, -0.15) is 0 Å². The van der Waals surface area contributed by atoms with Gasteiger partial charge >= 0.3 is 0 Å². The van der Waals surface area contributed by atoms with Crippen LogP contribution in [0.2, 0.25) is 0 Å². The molecule has 1 spiro atoms. The van der Waals surface area contributed by atoms with Gasteiger partial charge in [0.15, 0.2) is 0 Å². The molecule has 30 heavy (non-hydrogen) atoms. The molecule has 3 heterocycles. The van der Waals surface area contributed by atoms with E-state index in [-0.39, 0.29) is 21.6 Å². The van der Waals surface area contributed by atoms with Crippen molar-refractivity contribution in [1.29, 1.82) is 0 Å². The zero-order valence-corrected chi connectivity index (χ0v) is 18.3. The molecule has 2 saturated heterocycles. The highest BCUT2D eigenvalue weighted by Gasteiger charge is 2.67. The predicted molar refractivity (Wildman–Crippen MR) is 124 cm³/mol. The van der Waals surface area contributed by atoms with Crippen LogP contribution >= 0.6 is 15.9 Å². The van der Waals surface area contributed by atoms with Crippen molar-refractivity contribution in [3.8, 4) is 0 Å². The lowest BCUT2D eigenvalue weighted by atomic mass is 9.75. The molecule has 0 saturated carbocycles. The second-order valence-corrected chi connectivity index (χ2v) is 10.3. The summed E-state index contributed by atoms with van der Waals surface area (Å²) in [5, 5.41) is 0. The van der Waals surface area contributed by atoms with Crippen LogP contribution in [0.3, 0.4) is 0 Å². The van der Waals surface area contributed by atoms with Gasteiger partial charge in [-0.3, -0.25) is 4.90 Å². The fraction of sp³-hybridized carbons (Fsp3) is 0.259. The number of alkyl halides is 1. The van der Waals surface area contributed by atoms with Crippen LogP contribution in [0.1, 0.15) is 23.1 Å². The maximum atomic E-state index is 6.52. The Labute approximate surface area is 186 Å². The highest BCUT2D eigenvalue weighted by Crippen LogP contribution is 2.59. The first-order chi connectivity index (χ1) is 14.7. The number of likely N-dealkylation sites (tertiary alicyclic amines) is 1. The van der Waals surface area contributed by atoms with Crippen molar-refractivity contribution in [2.75, 3.05) is 13.1 Å². The molecule has 6 rings (SSSR count). The van der Waals surface area contributed by atoms with Crippen molar-refractivity contribution in [2.24, 2.45) is 0 Å². The van der Waals surface area contributed by atoms with Gasteiger partial charge in [-0.15, -0.1) is 0 Å². The number of hydrogen-bond acceptors (Lipinski definition) is 2. The van der Waals surface area contributed by atoms with E-state index >= 15 is 0 Å². The summed E-state index contributed by atoms with van der Waals surface area (Å²) in [6.07, 6.45) is 5.82. The van der Waals surface area contributed by atoms with E-state index in [1.54, 1.807) is 0 Å². The summed E-state index contributed by atoms with van der Waals surface area (Å²) in [6.45, 7) is 1.77. The van der Waals surface area contributed by atoms with E-state index in [1.165, 1.54) is 16.7 Å². The van der Waals surface area contributed by atoms with E-state index in [0.29, 0.717) is 0 Å². The van der Waals surface area contributed by atoms with Crippen LogP contribution in [0.5, 0.6) is 0 Å². The van der Waals surface area contributed by atoms with Gasteiger partial charge in [-0.05, 0) is 23.1 Å². The van der Waals surface area contributed by atoms with E-state index in [2.05, 4.69) is 124 Å². The maximum Gasteiger partial charge on any atom is 0.116 e. The second kappa shape index (κ2) is 6.65. The SMILES string of the molecule is Br[C@@]12C[C@H]3C=C[C@]1(CN(C(c1ccccc1)(c1ccccc1)c1ccccc1)C2)O3. The molecule has 3 aromatic carbocycles. The van der Waals surface area contributed by atoms with E-state index in [9.17, 15) is 0 Å². The van der Waals surface area contributed by atoms with Crippen molar-refractivity contribution >= 4 is 15.9 Å². The highest BCUT2D eigenvalue weighted by molar-refractivity contribution is 9.10. The van der Waals surface area contributed by atoms with Gasteiger partial charge in [0.25, 0.3) is 0 Å². The summed E-state index contributed by atoms with van der Waals surface area (Å²) < 4.78 is 6.47. The Hall–Kier alpha value is -2.20.